The maximum absolute atomic E-state index is 13.2. The van der Waals surface area contributed by atoms with Crippen LogP contribution in [0.25, 0.3) is 0 Å². The molecular weight excluding hydrogens is 364 g/mol. The van der Waals surface area contributed by atoms with E-state index in [0.717, 1.165) is 32.1 Å². The Bertz CT molecular complexity index is 821. The predicted octanol–water partition coefficient (Wildman–Crippen LogP) is 4.82. The fourth-order valence-corrected chi connectivity index (χ4v) is 7.56. The molecule has 0 bridgehead atoms. The third kappa shape index (κ3) is 2.89. The number of esters is 1. The lowest BCUT2D eigenvalue weighted by Gasteiger charge is -2.58. The van der Waals surface area contributed by atoms with Crippen LogP contribution in [0.5, 0.6) is 0 Å². The van der Waals surface area contributed by atoms with E-state index in [1.807, 2.05) is 12.2 Å². The van der Waals surface area contributed by atoms with Gasteiger partial charge in [-0.1, -0.05) is 31.9 Å². The van der Waals surface area contributed by atoms with Gasteiger partial charge in [-0.15, -0.1) is 0 Å². The van der Waals surface area contributed by atoms with Crippen molar-refractivity contribution < 1.29 is 19.1 Å². The third-order valence-corrected chi connectivity index (χ3v) is 9.06. The Morgan fingerprint density at radius 2 is 1.97 bits per heavy atom. The average molecular weight is 399 g/mol. The van der Waals surface area contributed by atoms with E-state index in [1.165, 1.54) is 18.1 Å². The molecule has 3 fully saturated rings. The standard InChI is InChI=1S/C25H34O4/c1-6-21(29-15(3)26)19-13-22(28)24(4)10-9-20-18(23(19)24)8-7-16-12-17(27)11-14(2)25(16,20)5/h11-12,18-21,23H,6-10,13H2,1-5H3/t18-,19-,20+,21+,23-,24-,25+/m1/s1. The van der Waals surface area contributed by atoms with Crippen molar-refractivity contribution in [3.8, 4) is 0 Å². The summed E-state index contributed by atoms with van der Waals surface area (Å²) in [5, 5.41) is 0. The van der Waals surface area contributed by atoms with Crippen molar-refractivity contribution in [2.45, 2.75) is 79.2 Å². The molecule has 0 amide bonds. The zero-order valence-corrected chi connectivity index (χ0v) is 18.4. The minimum atomic E-state index is -0.306. The number of allylic oxidation sites excluding steroid dienone is 4. The Hall–Kier alpha value is -1.71. The van der Waals surface area contributed by atoms with Crippen LogP contribution < -0.4 is 0 Å². The van der Waals surface area contributed by atoms with Crippen molar-refractivity contribution in [3.05, 3.63) is 23.3 Å². The summed E-state index contributed by atoms with van der Waals surface area (Å²) in [6.07, 6.45) is 8.63. The number of hydrogen-bond acceptors (Lipinski definition) is 4. The van der Waals surface area contributed by atoms with Gasteiger partial charge >= 0.3 is 5.97 Å². The van der Waals surface area contributed by atoms with Gasteiger partial charge in [0, 0.05) is 30.1 Å². The second-order valence-electron chi connectivity index (χ2n) is 10.2. The summed E-state index contributed by atoms with van der Waals surface area (Å²) in [6, 6.07) is 0. The molecule has 0 spiro atoms. The first-order valence-electron chi connectivity index (χ1n) is 11.3. The topological polar surface area (TPSA) is 60.4 Å². The first-order valence-corrected chi connectivity index (χ1v) is 11.3. The molecule has 0 saturated heterocycles. The fourth-order valence-electron chi connectivity index (χ4n) is 7.56. The summed E-state index contributed by atoms with van der Waals surface area (Å²) in [5.74, 6) is 1.44. The zero-order valence-electron chi connectivity index (χ0n) is 18.4. The van der Waals surface area contributed by atoms with Gasteiger partial charge in [0.2, 0.25) is 0 Å². The van der Waals surface area contributed by atoms with E-state index < -0.39 is 0 Å². The summed E-state index contributed by atoms with van der Waals surface area (Å²) in [7, 11) is 0. The highest BCUT2D eigenvalue weighted by Crippen LogP contribution is 2.66. The number of carbonyl (C=O) groups excluding carboxylic acids is 3. The lowest BCUT2D eigenvalue weighted by atomic mass is 9.46. The van der Waals surface area contributed by atoms with Crippen LogP contribution in [-0.4, -0.2) is 23.6 Å². The maximum atomic E-state index is 13.2. The molecular formula is C25H34O4. The molecule has 0 aromatic rings. The second kappa shape index (κ2) is 6.92. The number of ketones is 2. The van der Waals surface area contributed by atoms with E-state index in [4.69, 9.17) is 4.74 Å². The highest BCUT2D eigenvalue weighted by molar-refractivity contribution is 6.02. The van der Waals surface area contributed by atoms with E-state index >= 15 is 0 Å². The number of ether oxygens (including phenoxy) is 1. The van der Waals surface area contributed by atoms with Gasteiger partial charge in [0.15, 0.2) is 5.78 Å². The molecule has 4 rings (SSSR count). The van der Waals surface area contributed by atoms with Gasteiger partial charge in [0.1, 0.15) is 11.9 Å². The van der Waals surface area contributed by atoms with Crippen molar-refractivity contribution in [2.24, 2.45) is 34.5 Å². The van der Waals surface area contributed by atoms with Crippen LogP contribution in [0.3, 0.4) is 0 Å². The average Bonchev–Trinajstić information content (AvgIpc) is 2.92. The third-order valence-electron chi connectivity index (χ3n) is 9.06. The van der Waals surface area contributed by atoms with Gasteiger partial charge in [-0.25, -0.2) is 0 Å². The number of hydrogen-bond donors (Lipinski definition) is 0. The summed E-state index contributed by atoms with van der Waals surface area (Å²) in [5.41, 5.74) is 2.06. The number of rotatable bonds is 3. The largest absolute Gasteiger partial charge is 0.462 e. The molecule has 3 saturated carbocycles. The molecule has 4 heteroatoms. The molecule has 4 aliphatic rings. The van der Waals surface area contributed by atoms with Gasteiger partial charge in [0.05, 0.1) is 0 Å². The number of carbonyl (C=O) groups is 3. The van der Waals surface area contributed by atoms with Gasteiger partial charge in [-0.3, -0.25) is 14.4 Å². The first-order chi connectivity index (χ1) is 13.6. The highest BCUT2D eigenvalue weighted by atomic mass is 16.5. The molecule has 0 aromatic heterocycles. The summed E-state index contributed by atoms with van der Waals surface area (Å²) in [6.45, 7) is 10.1. The molecule has 158 valence electrons. The maximum Gasteiger partial charge on any atom is 0.302 e. The van der Waals surface area contributed by atoms with Crippen molar-refractivity contribution in [2.75, 3.05) is 0 Å². The lowest BCUT2D eigenvalue weighted by molar-refractivity contribution is -0.153. The molecule has 0 aromatic carbocycles. The van der Waals surface area contributed by atoms with Gasteiger partial charge in [-0.2, -0.15) is 0 Å². The number of Topliss-reactive ketones (excluding diaryl/α,β-unsaturated/α-hetero) is 1. The molecule has 7 atom stereocenters. The van der Waals surface area contributed by atoms with Crippen molar-refractivity contribution in [1.29, 1.82) is 0 Å². The Morgan fingerprint density at radius 3 is 2.62 bits per heavy atom. The molecule has 0 radical (unpaired) electrons. The normalized spacial score (nSPS) is 42.2. The van der Waals surface area contributed by atoms with Crippen LogP contribution in [0, 0.1) is 34.5 Å². The Balaban J connectivity index is 1.74. The first kappa shape index (κ1) is 20.6. The van der Waals surface area contributed by atoms with Crippen LogP contribution >= 0.6 is 0 Å². The van der Waals surface area contributed by atoms with Gasteiger partial charge in [0.25, 0.3) is 0 Å². The molecule has 0 N–H and O–H groups in total. The quantitative estimate of drug-likeness (QED) is 0.640. The van der Waals surface area contributed by atoms with E-state index in [9.17, 15) is 14.4 Å². The zero-order chi connectivity index (χ0) is 21.1. The molecule has 4 nitrogen and oxygen atoms in total. The van der Waals surface area contributed by atoms with Crippen LogP contribution in [0.2, 0.25) is 0 Å². The Kier molecular flexibility index (Phi) is 4.91. The van der Waals surface area contributed by atoms with E-state index in [0.29, 0.717) is 24.0 Å². The summed E-state index contributed by atoms with van der Waals surface area (Å²) < 4.78 is 5.71. The predicted molar refractivity (Wildman–Crippen MR) is 111 cm³/mol. The molecule has 29 heavy (non-hydrogen) atoms. The monoisotopic (exact) mass is 398 g/mol. The minimum absolute atomic E-state index is 0.0858. The smallest absolute Gasteiger partial charge is 0.302 e. The summed E-state index contributed by atoms with van der Waals surface area (Å²) >= 11 is 0. The molecule has 0 heterocycles. The Labute approximate surface area is 174 Å². The van der Waals surface area contributed by atoms with Crippen LogP contribution in [0.15, 0.2) is 23.3 Å². The lowest BCUT2D eigenvalue weighted by Crippen LogP contribution is -2.53. The highest BCUT2D eigenvalue weighted by Gasteiger charge is 2.63. The summed E-state index contributed by atoms with van der Waals surface area (Å²) in [4.78, 5) is 37.1. The minimum Gasteiger partial charge on any atom is -0.462 e. The van der Waals surface area contributed by atoms with Gasteiger partial charge < -0.3 is 4.74 Å². The number of fused-ring (bicyclic) bond motifs is 5. The van der Waals surface area contributed by atoms with Crippen LogP contribution in [0.1, 0.15) is 73.1 Å². The fraction of sp³-hybridized carbons (Fsp3) is 0.720. The molecule has 4 aliphatic carbocycles. The van der Waals surface area contributed by atoms with Crippen molar-refractivity contribution in [3.63, 3.8) is 0 Å². The van der Waals surface area contributed by atoms with Gasteiger partial charge in [-0.05, 0) is 68.9 Å². The van der Waals surface area contributed by atoms with E-state index in [-0.39, 0.29) is 40.5 Å². The van der Waals surface area contributed by atoms with Crippen LogP contribution in [0.4, 0.5) is 0 Å². The molecule has 0 unspecified atom stereocenters. The van der Waals surface area contributed by atoms with E-state index in [2.05, 4.69) is 27.7 Å². The van der Waals surface area contributed by atoms with Crippen molar-refractivity contribution in [1.82, 2.24) is 0 Å². The van der Waals surface area contributed by atoms with E-state index in [1.54, 1.807) is 0 Å². The Morgan fingerprint density at radius 1 is 1.24 bits per heavy atom. The molecule has 0 aliphatic heterocycles. The second-order valence-corrected chi connectivity index (χ2v) is 10.2. The van der Waals surface area contributed by atoms with Crippen molar-refractivity contribution >= 4 is 17.5 Å². The van der Waals surface area contributed by atoms with Crippen LogP contribution in [-0.2, 0) is 19.1 Å². The SMILES string of the molecule is CC[C@H](OC(C)=O)[C@H]1CC(=O)[C@@]2(C)CC[C@H]3[C@@H](CCC4=CC(=O)C=C(C)[C@@]43C)[C@H]12.